The van der Waals surface area contributed by atoms with E-state index in [-0.39, 0.29) is 11.8 Å². The number of nitrogens with two attached hydrogens (primary N) is 1. The van der Waals surface area contributed by atoms with Crippen molar-refractivity contribution in [1.29, 1.82) is 5.41 Å². The van der Waals surface area contributed by atoms with Gasteiger partial charge in [0.15, 0.2) is 0 Å². The maximum atomic E-state index is 13.4. The number of anilines is 1. The average Bonchev–Trinajstić information content (AvgIpc) is 3.22. The average molecular weight is 517 g/mol. The van der Waals surface area contributed by atoms with E-state index in [1.54, 1.807) is 24.3 Å². The molecule has 0 aliphatic carbocycles. The molecule has 2 heterocycles. The van der Waals surface area contributed by atoms with Gasteiger partial charge >= 0.3 is 0 Å². The van der Waals surface area contributed by atoms with Gasteiger partial charge in [0.2, 0.25) is 0 Å². The molecule has 0 saturated carbocycles. The van der Waals surface area contributed by atoms with Crippen LogP contribution in [0.15, 0.2) is 71.6 Å². The number of sulfonamides is 1. The number of piperidine rings is 1. The van der Waals surface area contributed by atoms with Crippen molar-refractivity contribution in [3.8, 4) is 0 Å². The molecule has 1 fully saturated rings. The highest BCUT2D eigenvalue weighted by atomic mass is 32.2. The van der Waals surface area contributed by atoms with Crippen molar-refractivity contribution >= 4 is 32.6 Å². The molecule has 1 aliphatic heterocycles. The number of hydrogen-bond donors (Lipinski definition) is 4. The van der Waals surface area contributed by atoms with Crippen LogP contribution in [0.4, 0.5) is 5.69 Å². The molecule has 1 aliphatic rings. The molecule has 37 heavy (non-hydrogen) atoms. The van der Waals surface area contributed by atoms with Crippen molar-refractivity contribution in [2.75, 3.05) is 17.8 Å². The predicted molar refractivity (Wildman–Crippen MR) is 148 cm³/mol. The number of fused-ring (bicyclic) bond motifs is 1. The topological polar surface area (TPSA) is 126 Å². The first-order valence-electron chi connectivity index (χ1n) is 12.5. The number of nitrogens with zero attached hydrogens (tertiary/aromatic N) is 2. The van der Waals surface area contributed by atoms with Crippen molar-refractivity contribution in [1.82, 2.24) is 14.9 Å². The Morgan fingerprint density at radius 1 is 1.08 bits per heavy atom. The van der Waals surface area contributed by atoms with Gasteiger partial charge in [-0.1, -0.05) is 42.5 Å². The summed E-state index contributed by atoms with van der Waals surface area (Å²) in [5.74, 6) is 1.21. The van der Waals surface area contributed by atoms with Crippen LogP contribution >= 0.6 is 0 Å². The summed E-state index contributed by atoms with van der Waals surface area (Å²) < 4.78 is 31.7. The molecule has 0 bridgehead atoms. The molecule has 192 valence electrons. The number of aromatic nitrogens is 2. The summed E-state index contributed by atoms with van der Waals surface area (Å²) in [5.41, 5.74) is 10.5. The Morgan fingerprint density at radius 3 is 2.54 bits per heavy atom. The van der Waals surface area contributed by atoms with Crippen molar-refractivity contribution in [3.05, 3.63) is 89.2 Å². The third kappa shape index (κ3) is 5.38. The van der Waals surface area contributed by atoms with Gasteiger partial charge in [0.05, 0.1) is 21.6 Å². The minimum atomic E-state index is -3.75. The molecule has 0 radical (unpaired) electrons. The maximum Gasteiger partial charge on any atom is 0.262 e. The molecule has 0 atom stereocenters. The van der Waals surface area contributed by atoms with E-state index in [1.807, 2.05) is 54.1 Å². The Hall–Kier alpha value is -3.69. The molecule has 1 saturated heterocycles. The highest BCUT2D eigenvalue weighted by Gasteiger charge is 2.25. The lowest BCUT2D eigenvalue weighted by Gasteiger charge is -2.25. The molecule has 3 aromatic carbocycles. The number of rotatable bonds is 8. The van der Waals surface area contributed by atoms with Gasteiger partial charge in [0, 0.05) is 19.0 Å². The number of nitrogen functional groups attached to an aromatic ring is 1. The molecule has 8 nitrogen and oxygen atoms in total. The van der Waals surface area contributed by atoms with Gasteiger partial charge in [-0.15, -0.1) is 0 Å². The minimum absolute atomic E-state index is 0.0584. The lowest BCUT2D eigenvalue weighted by molar-refractivity contribution is 0.455. The SMILES string of the molecule is Cn1c(CCc2ccc(C(=N)N)cc2)nc2cc(NS(=O)(=O)c3ccccc3C3CCNCC3)ccc21. The van der Waals surface area contributed by atoms with E-state index in [4.69, 9.17) is 16.1 Å². The first-order chi connectivity index (χ1) is 17.8. The Bertz CT molecular complexity index is 1540. The molecule has 9 heteroatoms. The Labute approximate surface area is 217 Å². The summed E-state index contributed by atoms with van der Waals surface area (Å²) in [4.78, 5) is 5.14. The van der Waals surface area contributed by atoms with E-state index in [9.17, 15) is 8.42 Å². The van der Waals surface area contributed by atoms with Gasteiger partial charge in [-0.3, -0.25) is 10.1 Å². The fraction of sp³-hybridized carbons (Fsp3) is 0.286. The number of benzene rings is 3. The zero-order chi connectivity index (χ0) is 26.0. The van der Waals surface area contributed by atoms with Gasteiger partial charge in [-0.2, -0.15) is 0 Å². The molecule has 0 amide bonds. The lowest BCUT2D eigenvalue weighted by atomic mass is 9.90. The van der Waals surface area contributed by atoms with Gasteiger partial charge in [-0.05, 0) is 73.7 Å². The second-order valence-electron chi connectivity index (χ2n) is 9.57. The highest BCUT2D eigenvalue weighted by Crippen LogP contribution is 2.32. The van der Waals surface area contributed by atoms with Gasteiger partial charge < -0.3 is 15.6 Å². The van der Waals surface area contributed by atoms with E-state index in [0.29, 0.717) is 16.1 Å². The van der Waals surface area contributed by atoms with Crippen LogP contribution in [-0.4, -0.2) is 36.9 Å². The van der Waals surface area contributed by atoms with E-state index in [1.165, 1.54) is 0 Å². The zero-order valence-corrected chi connectivity index (χ0v) is 21.7. The van der Waals surface area contributed by atoms with Crippen LogP contribution in [0, 0.1) is 5.41 Å². The maximum absolute atomic E-state index is 13.4. The van der Waals surface area contributed by atoms with Gasteiger partial charge in [-0.25, -0.2) is 13.4 Å². The van der Waals surface area contributed by atoms with Crippen LogP contribution in [0.5, 0.6) is 0 Å². The fourth-order valence-electron chi connectivity index (χ4n) is 5.05. The first-order valence-corrected chi connectivity index (χ1v) is 14.0. The van der Waals surface area contributed by atoms with E-state index < -0.39 is 10.0 Å². The van der Waals surface area contributed by atoms with Crippen LogP contribution < -0.4 is 15.8 Å². The lowest BCUT2D eigenvalue weighted by Crippen LogP contribution is -2.27. The van der Waals surface area contributed by atoms with Crippen LogP contribution in [-0.2, 0) is 29.9 Å². The largest absolute Gasteiger partial charge is 0.384 e. The second-order valence-corrected chi connectivity index (χ2v) is 11.2. The van der Waals surface area contributed by atoms with Crippen molar-refractivity contribution in [2.24, 2.45) is 12.8 Å². The number of nitrogens with one attached hydrogen (secondary N) is 3. The second kappa shape index (κ2) is 10.4. The van der Waals surface area contributed by atoms with Crippen LogP contribution in [0.1, 0.15) is 41.3 Å². The summed E-state index contributed by atoms with van der Waals surface area (Å²) in [6, 6.07) is 20.5. The third-order valence-electron chi connectivity index (χ3n) is 7.12. The van der Waals surface area contributed by atoms with Crippen molar-refractivity contribution in [3.63, 3.8) is 0 Å². The van der Waals surface area contributed by atoms with Crippen LogP contribution in [0.3, 0.4) is 0 Å². The first kappa shape index (κ1) is 25.0. The highest BCUT2D eigenvalue weighted by molar-refractivity contribution is 7.92. The Morgan fingerprint density at radius 2 is 1.81 bits per heavy atom. The zero-order valence-electron chi connectivity index (χ0n) is 20.9. The molecule has 5 N–H and O–H groups in total. The molecular weight excluding hydrogens is 484 g/mol. The molecule has 5 rings (SSSR count). The summed E-state index contributed by atoms with van der Waals surface area (Å²) >= 11 is 0. The smallest absolute Gasteiger partial charge is 0.262 e. The minimum Gasteiger partial charge on any atom is -0.384 e. The number of hydrogen-bond acceptors (Lipinski definition) is 5. The van der Waals surface area contributed by atoms with Crippen LogP contribution in [0.2, 0.25) is 0 Å². The standard InChI is InChI=1S/C28H32N6O2S/c1-34-25-12-11-22(18-24(25)32-27(34)13-8-19-6-9-21(10-7-19)28(29)30)33-37(35,36)26-5-3-2-4-23(26)20-14-16-31-17-15-20/h2-7,9-12,18,20,31,33H,8,13-17H2,1H3,(H3,29,30). The number of imidazole rings is 1. The molecular formula is C28H32N6O2S. The number of amidine groups is 1. The van der Waals surface area contributed by atoms with Gasteiger partial charge in [0.1, 0.15) is 11.7 Å². The summed E-state index contributed by atoms with van der Waals surface area (Å²) in [5, 5.41) is 10.9. The van der Waals surface area contributed by atoms with Crippen LogP contribution in [0.25, 0.3) is 11.0 Å². The Balaban J connectivity index is 1.35. The summed E-state index contributed by atoms with van der Waals surface area (Å²) in [7, 11) is -1.78. The van der Waals surface area contributed by atoms with Gasteiger partial charge in [0.25, 0.3) is 10.0 Å². The van der Waals surface area contributed by atoms with Crippen molar-refractivity contribution in [2.45, 2.75) is 36.5 Å². The molecule has 1 aromatic heterocycles. The van der Waals surface area contributed by atoms with Crippen molar-refractivity contribution < 1.29 is 8.42 Å². The summed E-state index contributed by atoms with van der Waals surface area (Å²) in [6.45, 7) is 1.80. The van der Waals surface area contributed by atoms with E-state index in [2.05, 4.69) is 10.0 Å². The normalized spacial score (nSPS) is 14.6. The van der Waals surface area contributed by atoms with E-state index in [0.717, 1.165) is 66.8 Å². The Kier molecular flexibility index (Phi) is 6.99. The molecule has 4 aromatic rings. The quantitative estimate of drug-likeness (QED) is 0.209. The monoisotopic (exact) mass is 516 g/mol. The third-order valence-corrected chi connectivity index (χ3v) is 8.57. The molecule has 0 unspecified atom stereocenters. The fourth-order valence-corrected chi connectivity index (χ4v) is 6.40. The summed E-state index contributed by atoms with van der Waals surface area (Å²) in [6.07, 6.45) is 3.38. The number of aryl methyl sites for hydroxylation is 3. The van der Waals surface area contributed by atoms with E-state index >= 15 is 0 Å². The predicted octanol–water partition coefficient (Wildman–Crippen LogP) is 3.91. The molecule has 0 spiro atoms.